The van der Waals surface area contributed by atoms with Crippen LogP contribution in [-0.2, 0) is 11.2 Å². The third kappa shape index (κ3) is 5.44. The predicted octanol–water partition coefficient (Wildman–Crippen LogP) is 4.44. The van der Waals surface area contributed by atoms with E-state index >= 15 is 0 Å². The summed E-state index contributed by atoms with van der Waals surface area (Å²) in [5, 5.41) is 11.5. The molecule has 0 aliphatic carbocycles. The van der Waals surface area contributed by atoms with Crippen LogP contribution >= 0.6 is 0 Å². The molecule has 3 heterocycles. The second kappa shape index (κ2) is 10.8. The highest BCUT2D eigenvalue weighted by Gasteiger charge is 2.20. The largest absolute Gasteiger partial charge is 0.513 e. The minimum atomic E-state index is -0.727. The van der Waals surface area contributed by atoms with Crippen molar-refractivity contribution in [2.24, 2.45) is 0 Å². The van der Waals surface area contributed by atoms with Crippen molar-refractivity contribution in [2.45, 2.75) is 19.3 Å². The number of hydrogen-bond acceptors (Lipinski definition) is 8. The van der Waals surface area contributed by atoms with Crippen LogP contribution < -0.4 is 15.3 Å². The van der Waals surface area contributed by atoms with Gasteiger partial charge in [-0.3, -0.25) is 4.90 Å². The van der Waals surface area contributed by atoms with E-state index in [0.29, 0.717) is 16.9 Å². The Morgan fingerprint density at radius 3 is 2.73 bits per heavy atom. The number of carbonyl (C=O) groups excluding carboxylic acids is 1. The van der Waals surface area contributed by atoms with Crippen LogP contribution in [0.2, 0.25) is 0 Å². The SMILES string of the molecule is COC(=O)Oc1ccc2[nH]cc(CCCCN3CCN(c4cc5ccc(=O)oc5cc4C#N)CC3)c2c1. The maximum atomic E-state index is 11.5. The first-order valence-electron chi connectivity index (χ1n) is 12.3. The molecular weight excluding hydrogens is 472 g/mol. The van der Waals surface area contributed by atoms with Gasteiger partial charge in [0.1, 0.15) is 17.4 Å². The molecule has 1 aliphatic heterocycles. The number of aromatic nitrogens is 1. The highest BCUT2D eigenvalue weighted by atomic mass is 16.7. The number of nitriles is 1. The molecule has 0 spiro atoms. The van der Waals surface area contributed by atoms with Gasteiger partial charge in [-0.1, -0.05) is 0 Å². The first-order valence-corrected chi connectivity index (χ1v) is 12.3. The van der Waals surface area contributed by atoms with E-state index < -0.39 is 11.8 Å². The first-order chi connectivity index (χ1) is 18.0. The Kier molecular flexibility index (Phi) is 7.10. The van der Waals surface area contributed by atoms with Crippen molar-refractivity contribution in [1.82, 2.24) is 9.88 Å². The predicted molar refractivity (Wildman–Crippen MR) is 140 cm³/mol. The van der Waals surface area contributed by atoms with Crippen molar-refractivity contribution in [3.8, 4) is 11.8 Å². The number of ether oxygens (including phenoxy) is 2. The number of nitrogens with one attached hydrogen (secondary N) is 1. The molecule has 1 aliphatic rings. The molecule has 5 rings (SSSR count). The number of fused-ring (bicyclic) bond motifs is 2. The lowest BCUT2D eigenvalue weighted by molar-refractivity contribution is 0.121. The normalized spacial score (nSPS) is 14.1. The van der Waals surface area contributed by atoms with E-state index in [-0.39, 0.29) is 0 Å². The summed E-state index contributed by atoms with van der Waals surface area (Å²) in [4.78, 5) is 30.9. The van der Waals surface area contributed by atoms with Crippen molar-refractivity contribution in [3.05, 3.63) is 70.2 Å². The van der Waals surface area contributed by atoms with Gasteiger partial charge in [-0.2, -0.15) is 5.26 Å². The quantitative estimate of drug-likeness (QED) is 0.172. The smallest absolute Gasteiger partial charge is 0.437 e. The zero-order valence-electron chi connectivity index (χ0n) is 20.7. The number of methoxy groups -OCH3 is 1. The summed E-state index contributed by atoms with van der Waals surface area (Å²) in [6.07, 6.45) is 4.34. The van der Waals surface area contributed by atoms with E-state index in [9.17, 15) is 14.9 Å². The zero-order valence-corrected chi connectivity index (χ0v) is 20.7. The van der Waals surface area contributed by atoms with Crippen molar-refractivity contribution in [1.29, 1.82) is 5.26 Å². The number of aryl methyl sites for hydroxylation is 1. The number of hydrogen-bond donors (Lipinski definition) is 1. The molecule has 0 radical (unpaired) electrons. The van der Waals surface area contributed by atoms with E-state index in [4.69, 9.17) is 9.15 Å². The molecule has 1 fully saturated rings. The van der Waals surface area contributed by atoms with E-state index in [1.807, 2.05) is 24.4 Å². The molecule has 190 valence electrons. The van der Waals surface area contributed by atoms with Gasteiger partial charge in [0.05, 0.1) is 18.4 Å². The van der Waals surface area contributed by atoms with Gasteiger partial charge in [0.25, 0.3) is 0 Å². The molecule has 0 saturated carbocycles. The van der Waals surface area contributed by atoms with Gasteiger partial charge in [-0.15, -0.1) is 0 Å². The minimum absolute atomic E-state index is 0.417. The molecule has 2 aromatic carbocycles. The standard InChI is InChI=1S/C28H28N4O5/c1-35-28(34)36-22-6-7-24-23(16-22)20(18-30-24)4-2-3-9-31-10-12-32(13-11-31)25-14-19-5-8-27(33)37-26(19)15-21(25)17-29/h5-8,14-16,18,30H,2-4,9-13H2,1H3. The Balaban J connectivity index is 1.13. The summed E-state index contributed by atoms with van der Waals surface area (Å²) < 4.78 is 15.0. The lowest BCUT2D eigenvalue weighted by atomic mass is 10.1. The average Bonchev–Trinajstić information content (AvgIpc) is 3.32. The monoisotopic (exact) mass is 500 g/mol. The molecule has 0 atom stereocenters. The Labute approximate surface area is 213 Å². The molecular formula is C28H28N4O5. The molecule has 0 amide bonds. The van der Waals surface area contributed by atoms with Crippen molar-refractivity contribution in [2.75, 3.05) is 44.7 Å². The summed E-state index contributed by atoms with van der Waals surface area (Å²) in [5.41, 5.74) is 3.64. The fraction of sp³-hybridized carbons (Fsp3) is 0.321. The number of nitrogens with zero attached hydrogens (tertiary/aromatic N) is 3. The fourth-order valence-corrected chi connectivity index (χ4v) is 4.88. The highest BCUT2D eigenvalue weighted by molar-refractivity contribution is 5.85. The van der Waals surface area contributed by atoms with Crippen LogP contribution in [-0.4, -0.2) is 55.9 Å². The molecule has 1 N–H and O–H groups in total. The molecule has 0 unspecified atom stereocenters. The van der Waals surface area contributed by atoms with E-state index in [1.165, 1.54) is 18.7 Å². The molecule has 4 aromatic rings. The van der Waals surface area contributed by atoms with Crippen molar-refractivity contribution >= 4 is 33.7 Å². The van der Waals surface area contributed by atoms with Gasteiger partial charge in [0.2, 0.25) is 0 Å². The molecule has 37 heavy (non-hydrogen) atoms. The number of unbranched alkanes of at least 4 members (excludes halogenated alkanes) is 1. The van der Waals surface area contributed by atoms with Crippen molar-refractivity contribution < 1.29 is 18.7 Å². The Bertz CT molecular complexity index is 1530. The van der Waals surface area contributed by atoms with Crippen LogP contribution in [0.3, 0.4) is 0 Å². The zero-order chi connectivity index (χ0) is 25.8. The van der Waals surface area contributed by atoms with Gasteiger partial charge >= 0.3 is 11.8 Å². The Morgan fingerprint density at radius 2 is 1.95 bits per heavy atom. The van der Waals surface area contributed by atoms with Gasteiger partial charge in [0.15, 0.2) is 0 Å². The highest BCUT2D eigenvalue weighted by Crippen LogP contribution is 2.28. The summed E-state index contributed by atoms with van der Waals surface area (Å²) in [5.74, 6) is 0.466. The van der Waals surface area contributed by atoms with Gasteiger partial charge in [0, 0.05) is 60.8 Å². The first kappa shape index (κ1) is 24.4. The number of rotatable bonds is 7. The van der Waals surface area contributed by atoms with E-state index in [2.05, 4.69) is 25.6 Å². The maximum Gasteiger partial charge on any atom is 0.513 e. The molecule has 0 bridgehead atoms. The van der Waals surface area contributed by atoms with Crippen LogP contribution in [0, 0.1) is 11.3 Å². The summed E-state index contributed by atoms with van der Waals surface area (Å²) >= 11 is 0. The van der Waals surface area contributed by atoms with Crippen LogP contribution in [0.15, 0.2) is 57.9 Å². The number of piperazine rings is 1. The Morgan fingerprint density at radius 1 is 1.11 bits per heavy atom. The maximum absolute atomic E-state index is 11.5. The van der Waals surface area contributed by atoms with Crippen molar-refractivity contribution in [3.63, 3.8) is 0 Å². The van der Waals surface area contributed by atoms with Crippen LogP contribution in [0.25, 0.3) is 21.9 Å². The lowest BCUT2D eigenvalue weighted by Gasteiger charge is -2.36. The topological polar surface area (TPSA) is 112 Å². The third-order valence-electron chi connectivity index (χ3n) is 6.85. The summed E-state index contributed by atoms with van der Waals surface area (Å²) in [7, 11) is 1.29. The van der Waals surface area contributed by atoms with Gasteiger partial charge in [-0.05, 0) is 61.7 Å². The van der Waals surface area contributed by atoms with Crippen LogP contribution in [0.4, 0.5) is 10.5 Å². The van der Waals surface area contributed by atoms with Gasteiger partial charge < -0.3 is 23.8 Å². The molecule has 1 saturated heterocycles. The minimum Gasteiger partial charge on any atom is -0.437 e. The number of H-pyrrole nitrogens is 1. The molecule has 9 heteroatoms. The number of anilines is 1. The average molecular weight is 501 g/mol. The number of benzene rings is 2. The van der Waals surface area contributed by atoms with Gasteiger partial charge in [-0.25, -0.2) is 9.59 Å². The third-order valence-corrected chi connectivity index (χ3v) is 6.85. The Hall–Kier alpha value is -4.29. The van der Waals surface area contributed by atoms with Crippen LogP contribution in [0.5, 0.6) is 5.75 Å². The summed E-state index contributed by atoms with van der Waals surface area (Å²) in [6.45, 7) is 4.54. The van der Waals surface area contributed by atoms with E-state index in [0.717, 1.165) is 74.0 Å². The molecule has 2 aromatic heterocycles. The summed E-state index contributed by atoms with van der Waals surface area (Å²) in [6, 6.07) is 14.5. The van der Waals surface area contributed by atoms with E-state index in [1.54, 1.807) is 18.2 Å². The van der Waals surface area contributed by atoms with Crippen LogP contribution in [0.1, 0.15) is 24.0 Å². The number of carbonyl (C=O) groups is 1. The lowest BCUT2D eigenvalue weighted by Crippen LogP contribution is -2.46. The molecule has 9 nitrogen and oxygen atoms in total. The fourth-order valence-electron chi connectivity index (χ4n) is 4.88. The second-order valence-electron chi connectivity index (χ2n) is 9.14. The second-order valence-corrected chi connectivity index (χ2v) is 9.14. The number of aromatic amines is 1.